The third-order valence-electron chi connectivity index (χ3n) is 5.01. The molecular weight excluding hydrogens is 362 g/mol. The molecule has 0 saturated heterocycles. The van der Waals surface area contributed by atoms with Crippen LogP contribution in [-0.4, -0.2) is 31.4 Å². The Morgan fingerprint density at radius 2 is 1.59 bits per heavy atom. The van der Waals surface area contributed by atoms with Crippen LogP contribution in [0.2, 0.25) is 0 Å². The largest absolute Gasteiger partial charge is 0.372 e. The SMILES string of the molecule is CCCCN(CC)c1ccc(C(=O)NCC(=O)Nc2c(C)cc(C)cc2C)cc1. The number of carbonyl (C=O) groups is 2. The average molecular weight is 396 g/mol. The molecule has 5 heteroatoms. The van der Waals surface area contributed by atoms with Gasteiger partial charge in [-0.2, -0.15) is 0 Å². The predicted molar refractivity (Wildman–Crippen MR) is 121 cm³/mol. The summed E-state index contributed by atoms with van der Waals surface area (Å²) >= 11 is 0. The third-order valence-corrected chi connectivity index (χ3v) is 5.01. The first-order valence-corrected chi connectivity index (χ1v) is 10.4. The first-order valence-electron chi connectivity index (χ1n) is 10.4. The number of aryl methyl sites for hydroxylation is 3. The maximum atomic E-state index is 12.4. The molecule has 2 N–H and O–H groups in total. The summed E-state index contributed by atoms with van der Waals surface area (Å²) in [4.78, 5) is 27.0. The topological polar surface area (TPSA) is 61.4 Å². The van der Waals surface area contributed by atoms with E-state index in [-0.39, 0.29) is 18.4 Å². The third kappa shape index (κ3) is 6.34. The van der Waals surface area contributed by atoms with Gasteiger partial charge in [0.2, 0.25) is 5.91 Å². The number of unbranched alkanes of at least 4 members (excludes halogenated alkanes) is 1. The van der Waals surface area contributed by atoms with Gasteiger partial charge in [-0.05, 0) is 69.5 Å². The second kappa shape index (κ2) is 10.6. The van der Waals surface area contributed by atoms with Crippen molar-refractivity contribution in [1.82, 2.24) is 5.32 Å². The molecule has 0 aliphatic heterocycles. The fourth-order valence-electron chi connectivity index (χ4n) is 3.47. The summed E-state index contributed by atoms with van der Waals surface area (Å²) in [5.41, 5.74) is 5.66. The first kappa shape index (κ1) is 22.5. The van der Waals surface area contributed by atoms with E-state index >= 15 is 0 Å². The molecule has 29 heavy (non-hydrogen) atoms. The minimum atomic E-state index is -0.249. The number of rotatable bonds is 9. The molecule has 0 heterocycles. The molecule has 2 aromatic carbocycles. The number of carbonyl (C=O) groups excluding carboxylic acids is 2. The second-order valence-electron chi connectivity index (χ2n) is 7.48. The molecule has 0 radical (unpaired) electrons. The molecule has 0 fully saturated rings. The molecule has 5 nitrogen and oxygen atoms in total. The molecule has 0 bridgehead atoms. The Balaban J connectivity index is 1.92. The van der Waals surface area contributed by atoms with Crippen LogP contribution in [0.5, 0.6) is 0 Å². The molecular formula is C24H33N3O2. The number of anilines is 2. The fourth-order valence-corrected chi connectivity index (χ4v) is 3.47. The summed E-state index contributed by atoms with van der Waals surface area (Å²) in [6.07, 6.45) is 2.30. The van der Waals surface area contributed by atoms with Crippen molar-refractivity contribution in [1.29, 1.82) is 0 Å². The summed E-state index contributed by atoms with van der Waals surface area (Å²) < 4.78 is 0. The fraction of sp³-hybridized carbons (Fsp3) is 0.417. The summed E-state index contributed by atoms with van der Waals surface area (Å²) in [6.45, 7) is 12.2. The van der Waals surface area contributed by atoms with Crippen molar-refractivity contribution in [3.05, 3.63) is 58.7 Å². The molecule has 156 valence electrons. The zero-order chi connectivity index (χ0) is 21.4. The quantitative estimate of drug-likeness (QED) is 0.652. The smallest absolute Gasteiger partial charge is 0.251 e. The standard InChI is InChI=1S/C24H33N3O2/c1-6-8-13-27(7-2)21-11-9-20(10-12-21)24(29)25-16-22(28)26-23-18(4)14-17(3)15-19(23)5/h9-12,14-15H,6-8,13,16H2,1-5H3,(H,25,29)(H,26,28). The van der Waals surface area contributed by atoms with Crippen molar-refractivity contribution in [2.24, 2.45) is 0 Å². The van der Waals surface area contributed by atoms with Crippen LogP contribution in [0.1, 0.15) is 53.7 Å². The van der Waals surface area contributed by atoms with Crippen LogP contribution in [0.3, 0.4) is 0 Å². The Morgan fingerprint density at radius 3 is 2.14 bits per heavy atom. The molecule has 2 amide bonds. The van der Waals surface area contributed by atoms with Crippen LogP contribution in [0.15, 0.2) is 36.4 Å². The molecule has 2 rings (SSSR count). The highest BCUT2D eigenvalue weighted by Gasteiger charge is 2.12. The number of nitrogens with zero attached hydrogens (tertiary/aromatic N) is 1. The van der Waals surface area contributed by atoms with Gasteiger partial charge < -0.3 is 15.5 Å². The van der Waals surface area contributed by atoms with Crippen molar-refractivity contribution in [2.75, 3.05) is 29.9 Å². The maximum absolute atomic E-state index is 12.4. The highest BCUT2D eigenvalue weighted by atomic mass is 16.2. The Hall–Kier alpha value is -2.82. The average Bonchev–Trinajstić information content (AvgIpc) is 2.70. The summed E-state index contributed by atoms with van der Waals surface area (Å²) in [5.74, 6) is -0.484. The number of amides is 2. The Bertz CT molecular complexity index is 821. The minimum Gasteiger partial charge on any atom is -0.372 e. The van der Waals surface area contributed by atoms with E-state index in [2.05, 4.69) is 29.4 Å². The van der Waals surface area contributed by atoms with Gasteiger partial charge in [-0.25, -0.2) is 0 Å². The second-order valence-corrected chi connectivity index (χ2v) is 7.48. The molecule has 2 aromatic rings. The van der Waals surface area contributed by atoms with Gasteiger partial charge in [0.1, 0.15) is 0 Å². The molecule has 0 aromatic heterocycles. The zero-order valence-electron chi connectivity index (χ0n) is 18.3. The van der Waals surface area contributed by atoms with Gasteiger partial charge in [-0.1, -0.05) is 31.0 Å². The molecule has 0 atom stereocenters. The molecule has 0 unspecified atom stereocenters. The minimum absolute atomic E-state index is 0.0646. The Morgan fingerprint density at radius 1 is 0.966 bits per heavy atom. The highest BCUT2D eigenvalue weighted by molar-refractivity contribution is 6.00. The van der Waals surface area contributed by atoms with E-state index in [0.717, 1.165) is 54.0 Å². The van der Waals surface area contributed by atoms with Gasteiger partial charge in [0.25, 0.3) is 5.91 Å². The zero-order valence-corrected chi connectivity index (χ0v) is 18.3. The van der Waals surface area contributed by atoms with Crippen LogP contribution in [0, 0.1) is 20.8 Å². The van der Waals surface area contributed by atoms with Gasteiger partial charge in [0.15, 0.2) is 0 Å². The number of hydrogen-bond acceptors (Lipinski definition) is 3. The van der Waals surface area contributed by atoms with Crippen LogP contribution in [0.4, 0.5) is 11.4 Å². The van der Waals surface area contributed by atoms with E-state index in [4.69, 9.17) is 0 Å². The van der Waals surface area contributed by atoms with E-state index in [9.17, 15) is 9.59 Å². The number of hydrogen-bond donors (Lipinski definition) is 2. The molecule has 0 aliphatic rings. The highest BCUT2D eigenvalue weighted by Crippen LogP contribution is 2.21. The lowest BCUT2D eigenvalue weighted by atomic mass is 10.1. The van der Waals surface area contributed by atoms with E-state index < -0.39 is 0 Å². The molecule has 0 spiro atoms. The van der Waals surface area contributed by atoms with Crippen LogP contribution in [-0.2, 0) is 4.79 Å². The Labute approximate surface area is 174 Å². The van der Waals surface area contributed by atoms with Crippen LogP contribution < -0.4 is 15.5 Å². The van der Waals surface area contributed by atoms with Gasteiger partial charge in [0.05, 0.1) is 6.54 Å². The van der Waals surface area contributed by atoms with Gasteiger partial charge in [0, 0.05) is 30.0 Å². The summed E-state index contributed by atoms with van der Waals surface area (Å²) in [5, 5.41) is 5.61. The van der Waals surface area contributed by atoms with Crippen molar-refractivity contribution in [3.8, 4) is 0 Å². The lowest BCUT2D eigenvalue weighted by molar-refractivity contribution is -0.115. The van der Waals surface area contributed by atoms with Crippen molar-refractivity contribution < 1.29 is 9.59 Å². The maximum Gasteiger partial charge on any atom is 0.251 e. The van der Waals surface area contributed by atoms with E-state index in [0.29, 0.717) is 5.56 Å². The van der Waals surface area contributed by atoms with E-state index in [1.165, 1.54) is 0 Å². The molecule has 0 saturated carbocycles. The molecule has 0 aliphatic carbocycles. The first-order chi connectivity index (χ1) is 13.8. The van der Waals surface area contributed by atoms with Gasteiger partial charge in [-0.15, -0.1) is 0 Å². The number of benzene rings is 2. The summed E-state index contributed by atoms with van der Waals surface area (Å²) in [6, 6.07) is 11.6. The van der Waals surface area contributed by atoms with Crippen LogP contribution in [0.25, 0.3) is 0 Å². The van der Waals surface area contributed by atoms with E-state index in [1.807, 2.05) is 57.2 Å². The lowest BCUT2D eigenvalue weighted by Crippen LogP contribution is -2.33. The van der Waals surface area contributed by atoms with Crippen molar-refractivity contribution in [2.45, 2.75) is 47.5 Å². The Kier molecular flexibility index (Phi) is 8.25. The summed E-state index contributed by atoms with van der Waals surface area (Å²) in [7, 11) is 0. The monoisotopic (exact) mass is 395 g/mol. The predicted octanol–water partition coefficient (Wildman–Crippen LogP) is 4.61. The van der Waals surface area contributed by atoms with Crippen LogP contribution >= 0.6 is 0 Å². The van der Waals surface area contributed by atoms with Crippen molar-refractivity contribution >= 4 is 23.2 Å². The van der Waals surface area contributed by atoms with Crippen molar-refractivity contribution in [3.63, 3.8) is 0 Å². The van der Waals surface area contributed by atoms with Gasteiger partial charge in [-0.3, -0.25) is 9.59 Å². The van der Waals surface area contributed by atoms with Gasteiger partial charge >= 0.3 is 0 Å². The lowest BCUT2D eigenvalue weighted by Gasteiger charge is -2.23. The van der Waals surface area contributed by atoms with E-state index in [1.54, 1.807) is 0 Å². The number of nitrogens with one attached hydrogen (secondary N) is 2. The normalized spacial score (nSPS) is 10.5.